The molecule has 0 unspecified atom stereocenters. The van der Waals surface area contributed by atoms with Crippen LogP contribution in [0.4, 0.5) is 0 Å². The molecule has 0 atom stereocenters. The second kappa shape index (κ2) is 5.32. The minimum Gasteiger partial charge on any atom is -0.481 e. The van der Waals surface area contributed by atoms with E-state index in [1.54, 1.807) is 0 Å². The van der Waals surface area contributed by atoms with Gasteiger partial charge in [-0.25, -0.2) is 0 Å². The number of hydrogen-bond acceptors (Lipinski definition) is 2. The molecule has 0 aromatic carbocycles. The number of hydrogen-bond donors (Lipinski definition) is 1. The largest absolute Gasteiger partial charge is 0.481 e. The van der Waals surface area contributed by atoms with Gasteiger partial charge in [0.15, 0.2) is 0 Å². The van der Waals surface area contributed by atoms with Crippen molar-refractivity contribution in [2.24, 2.45) is 5.92 Å². The maximum absolute atomic E-state index is 10.4. The van der Waals surface area contributed by atoms with Crippen LogP contribution in [0.25, 0.3) is 0 Å². The number of aliphatic carboxylic acids is 1. The summed E-state index contributed by atoms with van der Waals surface area (Å²) in [4.78, 5) is 10.4. The fourth-order valence-electron chi connectivity index (χ4n) is 1.64. The van der Waals surface area contributed by atoms with Crippen molar-refractivity contribution in [1.82, 2.24) is 0 Å². The third-order valence-corrected chi connectivity index (χ3v) is 3.37. The lowest BCUT2D eigenvalue weighted by molar-refractivity contribution is -0.136. The molecule has 1 fully saturated rings. The first-order valence-electron chi connectivity index (χ1n) is 4.64. The monoisotopic (exact) mass is 200 g/mol. The van der Waals surface area contributed by atoms with Crippen LogP contribution >= 0.6 is 11.8 Å². The fourth-order valence-corrected chi connectivity index (χ4v) is 2.85. The molecule has 0 saturated carbocycles. The Kier molecular flexibility index (Phi) is 4.36. The van der Waals surface area contributed by atoms with E-state index in [1.807, 2.05) is 11.8 Å². The molecule has 0 spiro atoms. The molecule has 0 aliphatic carbocycles. The summed E-state index contributed by atoms with van der Waals surface area (Å²) in [5, 5.41) is 8.55. The summed E-state index contributed by atoms with van der Waals surface area (Å²) in [7, 11) is 0. The highest BCUT2D eigenvalue weighted by Gasteiger charge is 2.15. The molecule has 0 amide bonds. The van der Waals surface area contributed by atoms with Crippen molar-refractivity contribution in [3.63, 3.8) is 0 Å². The molecule has 2 nitrogen and oxygen atoms in total. The zero-order valence-corrected chi connectivity index (χ0v) is 8.61. The van der Waals surface area contributed by atoms with Crippen molar-refractivity contribution in [3.8, 4) is 0 Å². The van der Waals surface area contributed by atoms with Crippen molar-refractivity contribution in [2.75, 3.05) is 11.5 Å². The van der Waals surface area contributed by atoms with Crippen molar-refractivity contribution < 1.29 is 9.90 Å². The smallest absolute Gasteiger partial charge is 0.307 e. The Morgan fingerprint density at radius 2 is 2.08 bits per heavy atom. The Balaban J connectivity index is 2.22. The summed E-state index contributed by atoms with van der Waals surface area (Å²) in [5.41, 5.74) is 0.879. The van der Waals surface area contributed by atoms with Gasteiger partial charge in [0.2, 0.25) is 0 Å². The van der Waals surface area contributed by atoms with Crippen LogP contribution in [-0.4, -0.2) is 22.6 Å². The molecule has 1 rings (SSSR count). The molecule has 3 heteroatoms. The van der Waals surface area contributed by atoms with Crippen LogP contribution in [0.1, 0.15) is 25.7 Å². The van der Waals surface area contributed by atoms with Crippen LogP contribution in [0.2, 0.25) is 0 Å². The summed E-state index contributed by atoms with van der Waals surface area (Å²) in [5.74, 6) is 2.39. The van der Waals surface area contributed by atoms with Gasteiger partial charge in [-0.2, -0.15) is 11.8 Å². The average molecular weight is 200 g/mol. The molecule has 13 heavy (non-hydrogen) atoms. The first kappa shape index (κ1) is 10.6. The van der Waals surface area contributed by atoms with E-state index in [2.05, 4.69) is 6.58 Å². The Labute approximate surface area is 83.4 Å². The third kappa shape index (κ3) is 4.36. The molecule has 0 aromatic rings. The van der Waals surface area contributed by atoms with Crippen LogP contribution in [0.3, 0.4) is 0 Å². The standard InChI is InChI=1S/C10H16O2S/c1-8(7-10(11)12)6-9-2-4-13-5-3-9/h9H,1-7H2,(H,11,12). The zero-order chi connectivity index (χ0) is 9.68. The second-order valence-corrected chi connectivity index (χ2v) is 4.81. The van der Waals surface area contributed by atoms with E-state index in [0.717, 1.165) is 12.0 Å². The molecule has 0 bridgehead atoms. The van der Waals surface area contributed by atoms with Gasteiger partial charge in [-0.3, -0.25) is 4.79 Å². The Morgan fingerprint density at radius 3 is 2.62 bits per heavy atom. The van der Waals surface area contributed by atoms with Gasteiger partial charge in [0.25, 0.3) is 0 Å². The predicted octanol–water partition coefficient (Wildman–Crippen LogP) is 2.55. The topological polar surface area (TPSA) is 37.3 Å². The Morgan fingerprint density at radius 1 is 1.46 bits per heavy atom. The minimum absolute atomic E-state index is 0.143. The van der Waals surface area contributed by atoms with E-state index in [4.69, 9.17) is 5.11 Å². The Hall–Kier alpha value is -0.440. The van der Waals surface area contributed by atoms with Crippen molar-refractivity contribution in [1.29, 1.82) is 0 Å². The summed E-state index contributed by atoms with van der Waals surface area (Å²) in [6.07, 6.45) is 3.50. The lowest BCUT2D eigenvalue weighted by Crippen LogP contribution is -2.11. The van der Waals surface area contributed by atoms with Crippen LogP contribution < -0.4 is 0 Å². The SMILES string of the molecule is C=C(CC(=O)O)CC1CCSCC1. The van der Waals surface area contributed by atoms with Gasteiger partial charge in [0.1, 0.15) is 0 Å². The summed E-state index contributed by atoms with van der Waals surface area (Å²) < 4.78 is 0. The molecular formula is C10H16O2S. The normalized spacial score (nSPS) is 18.5. The van der Waals surface area contributed by atoms with E-state index in [9.17, 15) is 4.79 Å². The van der Waals surface area contributed by atoms with Crippen LogP contribution in [-0.2, 0) is 4.79 Å². The molecule has 1 saturated heterocycles. The number of rotatable bonds is 4. The molecule has 1 aliphatic rings. The van der Waals surface area contributed by atoms with Crippen molar-refractivity contribution in [3.05, 3.63) is 12.2 Å². The molecule has 74 valence electrons. The first-order valence-corrected chi connectivity index (χ1v) is 5.80. The van der Waals surface area contributed by atoms with Crippen LogP contribution in [0, 0.1) is 5.92 Å². The Bertz CT molecular complexity index is 195. The molecule has 0 radical (unpaired) electrons. The third-order valence-electron chi connectivity index (χ3n) is 2.32. The molecule has 1 N–H and O–H groups in total. The van der Waals surface area contributed by atoms with E-state index in [-0.39, 0.29) is 6.42 Å². The van der Waals surface area contributed by atoms with E-state index < -0.39 is 5.97 Å². The molecule has 1 aliphatic heterocycles. The fraction of sp³-hybridized carbons (Fsp3) is 0.700. The van der Waals surface area contributed by atoms with Crippen LogP contribution in [0.5, 0.6) is 0 Å². The highest BCUT2D eigenvalue weighted by molar-refractivity contribution is 7.99. The van der Waals surface area contributed by atoms with Gasteiger partial charge >= 0.3 is 5.97 Å². The quantitative estimate of drug-likeness (QED) is 0.709. The number of thioether (sulfide) groups is 1. The van der Waals surface area contributed by atoms with E-state index in [0.29, 0.717) is 5.92 Å². The number of carboxylic acids is 1. The van der Waals surface area contributed by atoms with Gasteiger partial charge in [-0.05, 0) is 36.7 Å². The summed E-state index contributed by atoms with van der Waals surface area (Å²) in [6, 6.07) is 0. The maximum Gasteiger partial charge on any atom is 0.307 e. The molecule has 0 aromatic heterocycles. The van der Waals surface area contributed by atoms with Gasteiger partial charge in [0, 0.05) is 0 Å². The maximum atomic E-state index is 10.4. The first-order chi connectivity index (χ1) is 6.18. The van der Waals surface area contributed by atoms with Gasteiger partial charge in [0.05, 0.1) is 6.42 Å². The van der Waals surface area contributed by atoms with Crippen LogP contribution in [0.15, 0.2) is 12.2 Å². The van der Waals surface area contributed by atoms with Gasteiger partial charge in [-0.15, -0.1) is 0 Å². The van der Waals surface area contributed by atoms with E-state index in [1.165, 1.54) is 24.3 Å². The summed E-state index contributed by atoms with van der Waals surface area (Å²) in [6.45, 7) is 3.80. The highest BCUT2D eigenvalue weighted by Crippen LogP contribution is 2.28. The second-order valence-electron chi connectivity index (χ2n) is 3.58. The molecular weight excluding hydrogens is 184 g/mol. The van der Waals surface area contributed by atoms with Crippen molar-refractivity contribution in [2.45, 2.75) is 25.7 Å². The number of carbonyl (C=O) groups is 1. The predicted molar refractivity (Wildman–Crippen MR) is 56.1 cm³/mol. The minimum atomic E-state index is -0.754. The molecule has 1 heterocycles. The van der Waals surface area contributed by atoms with E-state index >= 15 is 0 Å². The van der Waals surface area contributed by atoms with Gasteiger partial charge < -0.3 is 5.11 Å². The summed E-state index contributed by atoms with van der Waals surface area (Å²) >= 11 is 1.99. The van der Waals surface area contributed by atoms with Crippen molar-refractivity contribution >= 4 is 17.7 Å². The average Bonchev–Trinajstić information content (AvgIpc) is 2.04. The zero-order valence-electron chi connectivity index (χ0n) is 7.79. The number of carboxylic acid groups (broad SMARTS) is 1. The van der Waals surface area contributed by atoms with Gasteiger partial charge in [-0.1, -0.05) is 12.2 Å². The highest BCUT2D eigenvalue weighted by atomic mass is 32.2. The lowest BCUT2D eigenvalue weighted by atomic mass is 9.93. The lowest BCUT2D eigenvalue weighted by Gasteiger charge is -2.21.